The van der Waals surface area contributed by atoms with Gasteiger partial charge in [0.15, 0.2) is 0 Å². The van der Waals surface area contributed by atoms with Crippen LogP contribution in [0.2, 0.25) is 0 Å². The lowest BCUT2D eigenvalue weighted by molar-refractivity contribution is -0.126. The number of hydrogen-bond donors (Lipinski definition) is 4. The summed E-state index contributed by atoms with van der Waals surface area (Å²) in [5, 5.41) is 13.9. The second kappa shape index (κ2) is 11.9. The minimum absolute atomic E-state index is 0.0274. The van der Waals surface area contributed by atoms with Gasteiger partial charge in [-0.2, -0.15) is 0 Å². The van der Waals surface area contributed by atoms with Gasteiger partial charge in [0.1, 0.15) is 5.82 Å². The predicted octanol–water partition coefficient (Wildman–Crippen LogP) is 2.76. The van der Waals surface area contributed by atoms with Crippen LogP contribution in [-0.4, -0.2) is 59.5 Å². The van der Waals surface area contributed by atoms with E-state index in [2.05, 4.69) is 20.5 Å². The third-order valence-corrected chi connectivity index (χ3v) is 5.80. The highest BCUT2D eigenvalue weighted by Gasteiger charge is 2.27. The topological polar surface area (TPSA) is 115 Å². The molecule has 0 radical (unpaired) electrons. The molecule has 2 atom stereocenters. The number of aromatic amines is 1. The van der Waals surface area contributed by atoms with Gasteiger partial charge in [-0.05, 0) is 61.9 Å². The molecular weight excluding hydrogens is 439 g/mol. The first-order chi connectivity index (χ1) is 16.4. The lowest BCUT2D eigenvalue weighted by Gasteiger charge is -2.22. The van der Waals surface area contributed by atoms with Crippen LogP contribution in [0.3, 0.4) is 0 Å². The number of nitrogens with one attached hydrogen (secondary N) is 3. The Bertz CT molecular complexity index is 1130. The fraction of sp³-hybridized carbons (Fsp3) is 0.320. The molecule has 4 N–H and O–H groups in total. The molecule has 2 aromatic carbocycles. The second-order valence-electron chi connectivity index (χ2n) is 8.40. The van der Waals surface area contributed by atoms with Gasteiger partial charge in [0.25, 0.3) is 12.4 Å². The summed E-state index contributed by atoms with van der Waals surface area (Å²) in [6, 6.07) is 13.8. The standard InChI is InChI=1S/C24H27FN4O2.CH2O2/c1-29-14-19(23(30)27-13-16-3-2-4-20(25)11-16)5-7-21(15-29)28-24(31)18-6-8-22-17(12-18)9-10-26-22;2-1-3/h2-4,6,8-12,19,21,26H,5,7,13-15H2,1H3,(H,27,30)(H,28,31);1H,(H,2,3)/t19-,21+;/m1./s1. The Balaban J connectivity index is 0.00000103. The molecule has 34 heavy (non-hydrogen) atoms. The van der Waals surface area contributed by atoms with Crippen molar-refractivity contribution in [1.82, 2.24) is 20.5 Å². The first kappa shape index (κ1) is 24.9. The van der Waals surface area contributed by atoms with Crippen LogP contribution in [0.15, 0.2) is 54.7 Å². The zero-order valence-corrected chi connectivity index (χ0v) is 19.0. The van der Waals surface area contributed by atoms with Crippen LogP contribution >= 0.6 is 0 Å². The molecule has 1 aromatic heterocycles. The summed E-state index contributed by atoms with van der Waals surface area (Å²) in [7, 11) is 1.96. The number of amides is 2. The molecule has 9 heteroatoms. The van der Waals surface area contributed by atoms with Crippen molar-refractivity contribution in [1.29, 1.82) is 0 Å². The van der Waals surface area contributed by atoms with Crippen molar-refractivity contribution in [3.05, 3.63) is 71.7 Å². The zero-order chi connectivity index (χ0) is 24.5. The zero-order valence-electron chi connectivity index (χ0n) is 19.0. The number of halogens is 1. The van der Waals surface area contributed by atoms with Crippen molar-refractivity contribution >= 4 is 29.2 Å². The predicted molar refractivity (Wildman–Crippen MR) is 127 cm³/mol. The monoisotopic (exact) mass is 468 g/mol. The maximum atomic E-state index is 13.3. The number of fused-ring (bicyclic) bond motifs is 1. The molecule has 3 aromatic rings. The Labute approximate surface area is 197 Å². The number of benzene rings is 2. The SMILES string of the molecule is CN1C[C@@H](NC(=O)c2ccc3[nH]ccc3c2)CC[C@@H](C(=O)NCc2cccc(F)c2)C1.O=CO. The lowest BCUT2D eigenvalue weighted by Crippen LogP contribution is -2.42. The lowest BCUT2D eigenvalue weighted by atomic mass is 10.0. The van der Waals surface area contributed by atoms with Crippen LogP contribution in [-0.2, 0) is 16.1 Å². The molecule has 2 heterocycles. The molecular formula is C25H29FN4O4. The number of hydrogen-bond acceptors (Lipinski definition) is 4. The molecule has 2 amide bonds. The van der Waals surface area contributed by atoms with Crippen LogP contribution in [0, 0.1) is 11.7 Å². The Morgan fingerprint density at radius 1 is 1.18 bits per heavy atom. The van der Waals surface area contributed by atoms with E-state index in [1.54, 1.807) is 12.1 Å². The van der Waals surface area contributed by atoms with Gasteiger partial charge in [-0.3, -0.25) is 14.4 Å². The van der Waals surface area contributed by atoms with E-state index in [1.165, 1.54) is 12.1 Å². The summed E-state index contributed by atoms with van der Waals surface area (Å²) >= 11 is 0. The van der Waals surface area contributed by atoms with Gasteiger partial charge in [0.2, 0.25) is 5.91 Å². The van der Waals surface area contributed by atoms with Gasteiger partial charge in [0, 0.05) is 48.3 Å². The number of carbonyl (C=O) groups excluding carboxylic acids is 2. The minimum atomic E-state index is -0.310. The van der Waals surface area contributed by atoms with E-state index in [9.17, 15) is 14.0 Å². The third-order valence-electron chi connectivity index (χ3n) is 5.80. The summed E-state index contributed by atoms with van der Waals surface area (Å²) in [6.07, 6.45) is 3.26. The van der Waals surface area contributed by atoms with Crippen molar-refractivity contribution < 1.29 is 23.9 Å². The summed E-state index contributed by atoms with van der Waals surface area (Å²) in [5.74, 6) is -0.622. The number of rotatable bonds is 5. The summed E-state index contributed by atoms with van der Waals surface area (Å²) in [4.78, 5) is 39.0. The molecule has 1 aliphatic rings. The number of H-pyrrole nitrogens is 1. The molecule has 1 fully saturated rings. The quantitative estimate of drug-likeness (QED) is 0.430. The van der Waals surface area contributed by atoms with E-state index in [0.29, 0.717) is 31.6 Å². The average Bonchev–Trinajstić information content (AvgIpc) is 3.20. The first-order valence-electron chi connectivity index (χ1n) is 11.1. The van der Waals surface area contributed by atoms with Gasteiger partial charge >= 0.3 is 0 Å². The number of aromatic nitrogens is 1. The largest absolute Gasteiger partial charge is 0.483 e. The third kappa shape index (κ3) is 6.89. The normalized spacial score (nSPS) is 18.3. The summed E-state index contributed by atoms with van der Waals surface area (Å²) < 4.78 is 13.3. The molecule has 1 saturated heterocycles. The van der Waals surface area contributed by atoms with Crippen LogP contribution in [0.1, 0.15) is 28.8 Å². The van der Waals surface area contributed by atoms with Crippen molar-refractivity contribution in [2.75, 3.05) is 20.1 Å². The number of carbonyl (C=O) groups is 3. The van der Waals surface area contributed by atoms with Gasteiger partial charge in [-0.25, -0.2) is 4.39 Å². The highest BCUT2D eigenvalue weighted by atomic mass is 19.1. The molecule has 180 valence electrons. The molecule has 0 unspecified atom stereocenters. The van der Waals surface area contributed by atoms with Crippen LogP contribution in [0.4, 0.5) is 4.39 Å². The Morgan fingerprint density at radius 2 is 1.97 bits per heavy atom. The van der Waals surface area contributed by atoms with Crippen molar-refractivity contribution in [3.8, 4) is 0 Å². The fourth-order valence-corrected chi connectivity index (χ4v) is 4.19. The van der Waals surface area contributed by atoms with Crippen LogP contribution in [0.25, 0.3) is 10.9 Å². The van der Waals surface area contributed by atoms with E-state index >= 15 is 0 Å². The van der Waals surface area contributed by atoms with Gasteiger partial charge in [-0.1, -0.05) is 12.1 Å². The number of nitrogens with zero attached hydrogens (tertiary/aromatic N) is 1. The molecule has 0 aliphatic carbocycles. The molecule has 0 saturated carbocycles. The molecule has 1 aliphatic heterocycles. The van der Waals surface area contributed by atoms with E-state index in [4.69, 9.17) is 9.90 Å². The van der Waals surface area contributed by atoms with Gasteiger partial charge < -0.3 is 25.6 Å². The van der Waals surface area contributed by atoms with Gasteiger partial charge in [0.05, 0.1) is 5.92 Å². The molecule has 0 spiro atoms. The van der Waals surface area contributed by atoms with E-state index in [0.717, 1.165) is 22.9 Å². The fourth-order valence-electron chi connectivity index (χ4n) is 4.19. The van der Waals surface area contributed by atoms with Crippen molar-refractivity contribution in [2.24, 2.45) is 5.92 Å². The Hall–Kier alpha value is -3.72. The number of carboxylic acid groups (broad SMARTS) is 1. The Morgan fingerprint density at radius 3 is 2.74 bits per heavy atom. The second-order valence-corrected chi connectivity index (χ2v) is 8.40. The number of likely N-dealkylation sites (tertiary alicyclic amines) is 1. The van der Waals surface area contributed by atoms with Crippen molar-refractivity contribution in [3.63, 3.8) is 0 Å². The van der Waals surface area contributed by atoms with E-state index in [1.807, 2.05) is 37.5 Å². The maximum Gasteiger partial charge on any atom is 0.290 e. The smallest absolute Gasteiger partial charge is 0.290 e. The molecule has 0 bridgehead atoms. The summed E-state index contributed by atoms with van der Waals surface area (Å²) in [5.41, 5.74) is 2.36. The van der Waals surface area contributed by atoms with Gasteiger partial charge in [-0.15, -0.1) is 0 Å². The van der Waals surface area contributed by atoms with E-state index < -0.39 is 0 Å². The van der Waals surface area contributed by atoms with Crippen LogP contribution in [0.5, 0.6) is 0 Å². The number of likely N-dealkylation sites (N-methyl/N-ethyl adjacent to an activating group) is 1. The minimum Gasteiger partial charge on any atom is -0.483 e. The van der Waals surface area contributed by atoms with E-state index in [-0.39, 0.29) is 36.1 Å². The van der Waals surface area contributed by atoms with Crippen molar-refractivity contribution in [2.45, 2.75) is 25.4 Å². The average molecular weight is 469 g/mol. The summed E-state index contributed by atoms with van der Waals surface area (Å²) in [6.45, 7) is 1.36. The molecule has 8 nitrogen and oxygen atoms in total. The maximum absolute atomic E-state index is 13.3. The highest BCUT2D eigenvalue weighted by molar-refractivity contribution is 5.98. The highest BCUT2D eigenvalue weighted by Crippen LogP contribution is 2.18. The van der Waals surface area contributed by atoms with Crippen LogP contribution < -0.4 is 10.6 Å². The Kier molecular flexibility index (Phi) is 8.75. The first-order valence-corrected chi connectivity index (χ1v) is 11.1. The molecule has 4 rings (SSSR count).